The van der Waals surface area contributed by atoms with Gasteiger partial charge in [0.2, 0.25) is 5.91 Å². The molecule has 170 valence electrons. The fourth-order valence-electron chi connectivity index (χ4n) is 4.04. The van der Waals surface area contributed by atoms with E-state index in [9.17, 15) is 4.79 Å². The fourth-order valence-corrected chi connectivity index (χ4v) is 5.89. The molecule has 1 amide bonds. The first-order chi connectivity index (χ1) is 15.5. The molecule has 0 aliphatic carbocycles. The molecular formula is C24H30N4O2S2. The van der Waals surface area contributed by atoms with Crippen molar-refractivity contribution in [3.05, 3.63) is 46.3 Å². The maximum Gasteiger partial charge on any atom is 0.230 e. The second kappa shape index (κ2) is 10.6. The van der Waals surface area contributed by atoms with Crippen LogP contribution in [0.25, 0.3) is 10.2 Å². The summed E-state index contributed by atoms with van der Waals surface area (Å²) in [5, 5.41) is 4.59. The number of thioether (sulfide) groups is 1. The van der Waals surface area contributed by atoms with Gasteiger partial charge in [-0.05, 0) is 37.3 Å². The van der Waals surface area contributed by atoms with Gasteiger partial charge in [-0.25, -0.2) is 9.97 Å². The molecule has 0 bridgehead atoms. The van der Waals surface area contributed by atoms with E-state index in [0.29, 0.717) is 17.6 Å². The van der Waals surface area contributed by atoms with Gasteiger partial charge in [-0.15, -0.1) is 11.3 Å². The van der Waals surface area contributed by atoms with Crippen LogP contribution in [-0.4, -0.2) is 33.8 Å². The van der Waals surface area contributed by atoms with Crippen molar-refractivity contribution in [2.24, 2.45) is 0 Å². The van der Waals surface area contributed by atoms with Gasteiger partial charge < -0.3 is 15.8 Å². The number of nitrogens with one attached hydrogen (secondary N) is 1. The van der Waals surface area contributed by atoms with E-state index in [0.717, 1.165) is 42.3 Å². The van der Waals surface area contributed by atoms with E-state index >= 15 is 0 Å². The number of hydrogen-bond acceptors (Lipinski definition) is 7. The van der Waals surface area contributed by atoms with Crippen molar-refractivity contribution >= 4 is 45.0 Å². The summed E-state index contributed by atoms with van der Waals surface area (Å²) in [6, 6.07) is 10.4. The van der Waals surface area contributed by atoms with Crippen LogP contribution >= 0.6 is 23.1 Å². The summed E-state index contributed by atoms with van der Waals surface area (Å²) in [5.74, 6) is 0.760. The Hall–Kier alpha value is -2.16. The summed E-state index contributed by atoms with van der Waals surface area (Å²) in [6.45, 7) is 4.83. The Morgan fingerprint density at radius 3 is 2.94 bits per heavy atom. The molecule has 3 N–H and O–H groups in total. The van der Waals surface area contributed by atoms with Crippen molar-refractivity contribution in [2.45, 2.75) is 69.9 Å². The molecule has 2 aromatic heterocycles. The Labute approximate surface area is 197 Å². The highest BCUT2D eigenvalue weighted by Crippen LogP contribution is 2.38. The number of carbonyl (C=O) groups is 1. The van der Waals surface area contributed by atoms with Crippen LogP contribution < -0.4 is 11.1 Å². The second-order valence-corrected chi connectivity index (χ2v) is 10.3. The third-order valence-corrected chi connectivity index (χ3v) is 7.63. The number of rotatable bonds is 9. The normalized spacial score (nSPS) is 16.6. The van der Waals surface area contributed by atoms with E-state index in [2.05, 4.69) is 29.4 Å². The first kappa shape index (κ1) is 23.0. The number of fused-ring (bicyclic) bond motifs is 3. The number of anilines is 1. The van der Waals surface area contributed by atoms with Crippen molar-refractivity contribution in [3.63, 3.8) is 0 Å². The summed E-state index contributed by atoms with van der Waals surface area (Å²) in [7, 11) is 0. The van der Waals surface area contributed by atoms with Crippen LogP contribution in [0.2, 0.25) is 0 Å². The van der Waals surface area contributed by atoms with Crippen LogP contribution in [0.1, 0.15) is 49.1 Å². The number of aryl methyl sites for hydroxylation is 1. The molecule has 0 spiro atoms. The van der Waals surface area contributed by atoms with Gasteiger partial charge in [-0.3, -0.25) is 4.79 Å². The van der Waals surface area contributed by atoms with Crippen LogP contribution in [0.4, 0.5) is 5.82 Å². The van der Waals surface area contributed by atoms with Gasteiger partial charge in [0.25, 0.3) is 0 Å². The Bertz CT molecular complexity index is 1070. The SMILES string of the molecule is CCC[C@@H]1Cc2c(sc3nc(SCC(=O)N[C@H](C)CCc4ccccc4)nc(N)c23)CO1. The summed E-state index contributed by atoms with van der Waals surface area (Å²) in [6.07, 6.45) is 5.10. The highest BCUT2D eigenvalue weighted by Gasteiger charge is 2.25. The molecule has 0 fully saturated rings. The first-order valence-electron chi connectivity index (χ1n) is 11.2. The van der Waals surface area contributed by atoms with Gasteiger partial charge in [0, 0.05) is 17.3 Å². The largest absolute Gasteiger partial charge is 0.383 e. The Morgan fingerprint density at radius 2 is 2.16 bits per heavy atom. The molecule has 2 atom stereocenters. The molecule has 32 heavy (non-hydrogen) atoms. The molecular weight excluding hydrogens is 440 g/mol. The molecule has 0 saturated carbocycles. The van der Waals surface area contributed by atoms with Crippen molar-refractivity contribution < 1.29 is 9.53 Å². The third kappa shape index (κ3) is 5.60. The fraction of sp³-hybridized carbons (Fsp3) is 0.458. The zero-order valence-corrected chi connectivity index (χ0v) is 20.2. The van der Waals surface area contributed by atoms with Crippen molar-refractivity contribution in [3.8, 4) is 0 Å². The average molecular weight is 471 g/mol. The number of benzene rings is 1. The van der Waals surface area contributed by atoms with Crippen LogP contribution in [0.5, 0.6) is 0 Å². The number of hydrogen-bond donors (Lipinski definition) is 2. The van der Waals surface area contributed by atoms with E-state index in [-0.39, 0.29) is 23.8 Å². The van der Waals surface area contributed by atoms with Gasteiger partial charge in [-0.2, -0.15) is 0 Å². The Morgan fingerprint density at radius 1 is 1.34 bits per heavy atom. The maximum absolute atomic E-state index is 12.4. The molecule has 8 heteroatoms. The Balaban J connectivity index is 1.34. The lowest BCUT2D eigenvalue weighted by atomic mass is 10.0. The van der Waals surface area contributed by atoms with E-state index in [1.807, 2.05) is 25.1 Å². The van der Waals surface area contributed by atoms with Gasteiger partial charge >= 0.3 is 0 Å². The maximum atomic E-state index is 12.4. The third-order valence-electron chi connectivity index (χ3n) is 5.68. The van der Waals surface area contributed by atoms with E-state index < -0.39 is 0 Å². The Kier molecular flexibility index (Phi) is 7.65. The van der Waals surface area contributed by atoms with Crippen molar-refractivity contribution in [1.82, 2.24) is 15.3 Å². The van der Waals surface area contributed by atoms with Gasteiger partial charge in [0.05, 0.1) is 23.8 Å². The van der Waals surface area contributed by atoms with Crippen LogP contribution in [0.15, 0.2) is 35.5 Å². The summed E-state index contributed by atoms with van der Waals surface area (Å²) >= 11 is 2.96. The molecule has 0 unspecified atom stereocenters. The molecule has 4 rings (SSSR count). The average Bonchev–Trinajstić information content (AvgIpc) is 3.15. The smallest absolute Gasteiger partial charge is 0.230 e. The van der Waals surface area contributed by atoms with Gasteiger partial charge in [0.1, 0.15) is 10.6 Å². The molecule has 1 aromatic carbocycles. The summed E-state index contributed by atoms with van der Waals surface area (Å²) in [5.41, 5.74) is 8.85. The molecule has 0 radical (unpaired) electrons. The summed E-state index contributed by atoms with van der Waals surface area (Å²) < 4.78 is 5.97. The number of nitrogens with zero attached hydrogens (tertiary/aromatic N) is 2. The molecule has 3 aromatic rings. The molecule has 6 nitrogen and oxygen atoms in total. The minimum Gasteiger partial charge on any atom is -0.383 e. The molecule has 1 aliphatic rings. The summed E-state index contributed by atoms with van der Waals surface area (Å²) in [4.78, 5) is 23.7. The van der Waals surface area contributed by atoms with E-state index in [4.69, 9.17) is 15.5 Å². The number of nitrogen functional groups attached to an aromatic ring is 1. The predicted octanol–water partition coefficient (Wildman–Crippen LogP) is 4.74. The van der Waals surface area contributed by atoms with Crippen molar-refractivity contribution in [2.75, 3.05) is 11.5 Å². The molecule has 3 heterocycles. The standard InChI is InChI=1S/C24H30N4O2S2/c1-3-7-17-12-18-19(13-30-17)32-23-21(18)22(25)27-24(28-23)31-14-20(29)26-15(2)10-11-16-8-5-4-6-9-16/h4-6,8-9,15,17H,3,7,10-14H2,1-2H3,(H,26,29)(H2,25,27,28)/t15-,17-/m1/s1. The zero-order chi connectivity index (χ0) is 22.5. The first-order valence-corrected chi connectivity index (χ1v) is 13.0. The van der Waals surface area contributed by atoms with E-state index in [1.54, 1.807) is 11.3 Å². The number of amides is 1. The minimum atomic E-state index is -0.0147. The predicted molar refractivity (Wildman–Crippen MR) is 132 cm³/mol. The highest BCUT2D eigenvalue weighted by atomic mass is 32.2. The number of ether oxygens (including phenoxy) is 1. The molecule has 0 saturated heterocycles. The number of thiophene rings is 1. The minimum absolute atomic E-state index is 0.0147. The van der Waals surface area contributed by atoms with Crippen molar-refractivity contribution in [1.29, 1.82) is 0 Å². The lowest BCUT2D eigenvalue weighted by Gasteiger charge is -2.22. The monoisotopic (exact) mass is 470 g/mol. The van der Waals surface area contributed by atoms with Gasteiger partial charge in [-0.1, -0.05) is 55.4 Å². The van der Waals surface area contributed by atoms with Crippen LogP contribution in [-0.2, 0) is 29.0 Å². The number of nitrogens with two attached hydrogens (primary N) is 1. The highest BCUT2D eigenvalue weighted by molar-refractivity contribution is 7.99. The van der Waals surface area contributed by atoms with Crippen LogP contribution in [0, 0.1) is 0 Å². The number of carbonyl (C=O) groups excluding carboxylic acids is 1. The topological polar surface area (TPSA) is 90.1 Å². The van der Waals surface area contributed by atoms with Gasteiger partial charge in [0.15, 0.2) is 5.16 Å². The van der Waals surface area contributed by atoms with Crippen LogP contribution in [0.3, 0.4) is 0 Å². The molecule has 1 aliphatic heterocycles. The number of aromatic nitrogens is 2. The van der Waals surface area contributed by atoms with E-state index in [1.165, 1.54) is 27.8 Å². The lowest BCUT2D eigenvalue weighted by molar-refractivity contribution is -0.119. The second-order valence-electron chi connectivity index (χ2n) is 8.28. The quantitative estimate of drug-likeness (QED) is 0.347. The lowest BCUT2D eigenvalue weighted by Crippen LogP contribution is -2.34. The zero-order valence-electron chi connectivity index (χ0n) is 18.6.